The fourth-order valence-corrected chi connectivity index (χ4v) is 1.28. The number of amides is 1. The molecule has 1 aromatic rings. The van der Waals surface area contributed by atoms with E-state index < -0.39 is 5.91 Å². The lowest BCUT2D eigenvalue weighted by atomic mass is 10.1. The van der Waals surface area contributed by atoms with Gasteiger partial charge in [-0.2, -0.15) is 0 Å². The first-order chi connectivity index (χ1) is 7.13. The molecule has 0 aromatic heterocycles. The predicted molar refractivity (Wildman–Crippen MR) is 59.7 cm³/mol. The molecule has 0 spiro atoms. The van der Waals surface area contributed by atoms with Crippen molar-refractivity contribution in [1.29, 1.82) is 0 Å². The molecule has 3 nitrogen and oxygen atoms in total. The maximum atomic E-state index is 10.7. The second-order valence-electron chi connectivity index (χ2n) is 2.96. The van der Waals surface area contributed by atoms with Crippen molar-refractivity contribution in [3.63, 3.8) is 0 Å². The fourth-order valence-electron chi connectivity index (χ4n) is 1.10. The number of hydrogen-bond donors (Lipinski definition) is 1. The quantitative estimate of drug-likeness (QED) is 0.794. The number of benzene rings is 1. The van der Waals surface area contributed by atoms with Gasteiger partial charge in [-0.15, -0.1) is 0 Å². The van der Waals surface area contributed by atoms with Crippen LogP contribution in [0.5, 0.6) is 0 Å². The van der Waals surface area contributed by atoms with Gasteiger partial charge in [0.15, 0.2) is 6.29 Å². The molecule has 0 atom stereocenters. The van der Waals surface area contributed by atoms with Crippen molar-refractivity contribution in [3.8, 4) is 0 Å². The third-order valence-electron chi connectivity index (χ3n) is 1.79. The number of carbonyl (C=O) groups is 2. The highest BCUT2D eigenvalue weighted by Gasteiger charge is 1.99. The highest BCUT2D eigenvalue weighted by molar-refractivity contribution is 6.30. The van der Waals surface area contributed by atoms with Gasteiger partial charge in [-0.1, -0.05) is 23.8 Å². The second kappa shape index (κ2) is 5.32. The molecule has 0 bridgehead atoms. The molecule has 0 saturated carbocycles. The first-order valence-corrected chi connectivity index (χ1v) is 4.71. The molecule has 0 radical (unpaired) electrons. The normalized spacial score (nSPS) is 10.5. The van der Waals surface area contributed by atoms with Gasteiger partial charge >= 0.3 is 0 Å². The molecule has 1 aromatic carbocycles. The van der Waals surface area contributed by atoms with Crippen LogP contribution in [0, 0.1) is 0 Å². The Bertz CT molecular complexity index is 413. The van der Waals surface area contributed by atoms with Crippen LogP contribution >= 0.6 is 11.6 Å². The third kappa shape index (κ3) is 3.56. The van der Waals surface area contributed by atoms with Crippen molar-refractivity contribution in [1.82, 2.24) is 0 Å². The number of carbonyl (C=O) groups excluding carboxylic acids is 2. The van der Waals surface area contributed by atoms with Gasteiger partial charge < -0.3 is 5.73 Å². The number of hydrogen-bond acceptors (Lipinski definition) is 2. The molecule has 0 aliphatic rings. The van der Waals surface area contributed by atoms with Gasteiger partial charge in [0.2, 0.25) is 5.91 Å². The van der Waals surface area contributed by atoms with E-state index in [0.29, 0.717) is 16.1 Å². The summed E-state index contributed by atoms with van der Waals surface area (Å²) in [6.45, 7) is 0. The Morgan fingerprint density at radius 2 is 2.13 bits per heavy atom. The van der Waals surface area contributed by atoms with Crippen molar-refractivity contribution in [2.45, 2.75) is 6.42 Å². The van der Waals surface area contributed by atoms with Crippen molar-refractivity contribution in [2.24, 2.45) is 5.73 Å². The van der Waals surface area contributed by atoms with Gasteiger partial charge in [0.25, 0.3) is 0 Å². The van der Waals surface area contributed by atoms with Gasteiger partial charge in [-0.25, -0.2) is 0 Å². The molecule has 0 saturated heterocycles. The van der Waals surface area contributed by atoms with Gasteiger partial charge in [0.05, 0.1) is 0 Å². The fraction of sp³-hybridized carbons (Fsp3) is 0.0909. The minimum absolute atomic E-state index is 0.144. The molecular formula is C11H10ClNO2. The summed E-state index contributed by atoms with van der Waals surface area (Å²) in [7, 11) is 0. The molecule has 4 heteroatoms. The molecule has 1 amide bonds. The number of nitrogens with two attached hydrogens (primary N) is 1. The summed E-state index contributed by atoms with van der Waals surface area (Å²) in [5.41, 5.74) is 6.18. The summed E-state index contributed by atoms with van der Waals surface area (Å²) in [4.78, 5) is 21.2. The zero-order valence-corrected chi connectivity index (χ0v) is 8.70. The molecule has 0 aliphatic heterocycles. The van der Waals surface area contributed by atoms with E-state index in [-0.39, 0.29) is 6.42 Å². The lowest BCUT2D eigenvalue weighted by Gasteiger charge is -1.99. The number of halogens is 1. The summed E-state index contributed by atoms with van der Waals surface area (Å²) in [5.74, 6) is -0.416. The number of primary amides is 1. The molecule has 0 heterocycles. The van der Waals surface area contributed by atoms with E-state index in [1.807, 2.05) is 0 Å². The average Bonchev–Trinajstić information content (AvgIpc) is 2.17. The van der Waals surface area contributed by atoms with E-state index in [4.69, 9.17) is 17.3 Å². The lowest BCUT2D eigenvalue weighted by molar-refractivity contribution is -0.117. The molecule has 0 unspecified atom stereocenters. The highest BCUT2D eigenvalue weighted by atomic mass is 35.5. The van der Waals surface area contributed by atoms with Crippen LogP contribution in [0.4, 0.5) is 0 Å². The van der Waals surface area contributed by atoms with E-state index in [1.54, 1.807) is 30.4 Å². The standard InChI is InChI=1S/C11H10ClNO2/c12-10-5-4-9(7-14)8(6-10)2-1-3-11(13)15/h1-2,4-7H,3H2,(H2,13,15). The Balaban J connectivity index is 2.91. The van der Waals surface area contributed by atoms with Crippen molar-refractivity contribution in [3.05, 3.63) is 40.4 Å². The van der Waals surface area contributed by atoms with E-state index in [0.717, 1.165) is 6.29 Å². The summed E-state index contributed by atoms with van der Waals surface area (Å²) >= 11 is 5.77. The highest BCUT2D eigenvalue weighted by Crippen LogP contribution is 2.16. The van der Waals surface area contributed by atoms with Crippen LogP contribution in [0.3, 0.4) is 0 Å². The van der Waals surface area contributed by atoms with Crippen molar-refractivity contribution < 1.29 is 9.59 Å². The SMILES string of the molecule is NC(=O)CC=Cc1cc(Cl)ccc1C=O. The van der Waals surface area contributed by atoms with Crippen LogP contribution in [0.15, 0.2) is 24.3 Å². The molecule has 78 valence electrons. The zero-order valence-electron chi connectivity index (χ0n) is 7.94. The van der Waals surface area contributed by atoms with E-state index in [2.05, 4.69) is 0 Å². The maximum Gasteiger partial charge on any atom is 0.221 e. The van der Waals surface area contributed by atoms with Gasteiger partial charge in [0.1, 0.15) is 0 Å². The Hall–Kier alpha value is -1.61. The van der Waals surface area contributed by atoms with Gasteiger partial charge in [-0.3, -0.25) is 9.59 Å². The van der Waals surface area contributed by atoms with Gasteiger partial charge in [-0.05, 0) is 23.8 Å². The van der Waals surface area contributed by atoms with Crippen LogP contribution in [0.2, 0.25) is 5.02 Å². The Morgan fingerprint density at radius 3 is 2.73 bits per heavy atom. The van der Waals surface area contributed by atoms with E-state index in [1.165, 1.54) is 0 Å². The van der Waals surface area contributed by atoms with Crippen LogP contribution in [-0.4, -0.2) is 12.2 Å². The maximum absolute atomic E-state index is 10.7. The minimum atomic E-state index is -0.416. The average molecular weight is 224 g/mol. The minimum Gasteiger partial charge on any atom is -0.369 e. The molecule has 15 heavy (non-hydrogen) atoms. The summed E-state index contributed by atoms with van der Waals surface area (Å²) in [6, 6.07) is 4.92. The monoisotopic (exact) mass is 223 g/mol. The Labute approximate surface area is 92.5 Å². The third-order valence-corrected chi connectivity index (χ3v) is 2.03. The van der Waals surface area contributed by atoms with Crippen molar-refractivity contribution >= 4 is 29.9 Å². The summed E-state index contributed by atoms with van der Waals surface area (Å²) in [6.07, 6.45) is 4.13. The lowest BCUT2D eigenvalue weighted by Crippen LogP contribution is -2.07. The predicted octanol–water partition coefficient (Wildman–Crippen LogP) is 2.04. The van der Waals surface area contributed by atoms with Crippen LogP contribution in [0.1, 0.15) is 22.3 Å². The molecule has 0 fully saturated rings. The largest absolute Gasteiger partial charge is 0.369 e. The van der Waals surface area contributed by atoms with Crippen LogP contribution in [-0.2, 0) is 4.79 Å². The second-order valence-corrected chi connectivity index (χ2v) is 3.40. The van der Waals surface area contributed by atoms with E-state index >= 15 is 0 Å². The summed E-state index contributed by atoms with van der Waals surface area (Å²) < 4.78 is 0. The molecule has 1 rings (SSSR count). The van der Waals surface area contributed by atoms with Gasteiger partial charge in [0, 0.05) is 17.0 Å². The first-order valence-electron chi connectivity index (χ1n) is 4.33. The van der Waals surface area contributed by atoms with E-state index in [9.17, 15) is 9.59 Å². The molecular weight excluding hydrogens is 214 g/mol. The smallest absolute Gasteiger partial charge is 0.221 e. The zero-order chi connectivity index (χ0) is 11.3. The molecule has 0 aliphatic carbocycles. The molecule has 2 N–H and O–H groups in total. The van der Waals surface area contributed by atoms with Crippen LogP contribution in [0.25, 0.3) is 6.08 Å². The first kappa shape index (κ1) is 11.5. The topological polar surface area (TPSA) is 60.2 Å². The number of rotatable bonds is 4. The Morgan fingerprint density at radius 1 is 1.40 bits per heavy atom. The Kier molecular flexibility index (Phi) is 4.06. The van der Waals surface area contributed by atoms with Crippen molar-refractivity contribution in [2.75, 3.05) is 0 Å². The summed E-state index contributed by atoms with van der Waals surface area (Å²) in [5, 5.41) is 0.541. The number of aldehydes is 1. The van der Waals surface area contributed by atoms with Crippen LogP contribution < -0.4 is 5.73 Å².